The van der Waals surface area contributed by atoms with E-state index in [9.17, 15) is 19.1 Å². The highest BCUT2D eigenvalue weighted by Crippen LogP contribution is 2.29. The summed E-state index contributed by atoms with van der Waals surface area (Å²) in [5, 5.41) is 9.76. The van der Waals surface area contributed by atoms with Crippen LogP contribution in [0.25, 0.3) is 11.0 Å². The Morgan fingerprint density at radius 1 is 1.15 bits per heavy atom. The van der Waals surface area contributed by atoms with E-state index in [0.29, 0.717) is 59.3 Å². The number of amides is 1. The Morgan fingerprint density at radius 2 is 2.00 bits per heavy atom. The number of carboxylic acid groups (broad SMARTS) is 1. The molecule has 6 rings (SSSR count). The first-order valence-corrected chi connectivity index (χ1v) is 13.5. The average Bonchev–Trinajstić information content (AvgIpc) is 3.27. The van der Waals surface area contributed by atoms with Gasteiger partial charge in [-0.25, -0.2) is 23.9 Å². The number of cyclic esters (lactones) is 1. The Bertz CT molecular complexity index is 1620. The minimum Gasteiger partial charge on any atom is -0.478 e. The summed E-state index contributed by atoms with van der Waals surface area (Å²) in [4.78, 5) is 35.3. The number of hydrogen-bond donors (Lipinski definition) is 1. The van der Waals surface area contributed by atoms with Crippen LogP contribution in [0.3, 0.4) is 0 Å². The van der Waals surface area contributed by atoms with Crippen LogP contribution < -0.4 is 4.74 Å². The maximum Gasteiger partial charge on any atom is 0.410 e. The van der Waals surface area contributed by atoms with E-state index in [0.717, 1.165) is 6.42 Å². The number of hydrogen-bond acceptors (Lipinski definition) is 7. The molecule has 2 atom stereocenters. The second-order valence-corrected chi connectivity index (χ2v) is 10.4. The van der Waals surface area contributed by atoms with Crippen LogP contribution in [-0.2, 0) is 29.2 Å². The van der Waals surface area contributed by atoms with E-state index in [4.69, 9.17) is 30.8 Å². The van der Waals surface area contributed by atoms with E-state index in [1.54, 1.807) is 47.4 Å². The third-order valence-corrected chi connectivity index (χ3v) is 7.45. The highest BCUT2D eigenvalue weighted by atomic mass is 35.5. The van der Waals surface area contributed by atoms with Gasteiger partial charge in [0.2, 0.25) is 5.88 Å². The lowest BCUT2D eigenvalue weighted by atomic mass is 10.1. The molecule has 0 saturated carbocycles. The first-order valence-electron chi connectivity index (χ1n) is 13.2. The number of rotatable bonds is 9. The smallest absolute Gasteiger partial charge is 0.410 e. The molecule has 2 aromatic carbocycles. The molecule has 1 amide bonds. The lowest BCUT2D eigenvalue weighted by Crippen LogP contribution is -2.40. The molecule has 0 bridgehead atoms. The Balaban J connectivity index is 1.14. The van der Waals surface area contributed by atoms with Crippen LogP contribution in [0.5, 0.6) is 5.88 Å². The quantitative estimate of drug-likeness (QED) is 0.281. The number of carbonyl (C=O) groups excluding carboxylic acids is 1. The summed E-state index contributed by atoms with van der Waals surface area (Å²) in [7, 11) is 0. The highest BCUT2D eigenvalue weighted by molar-refractivity contribution is 6.30. The van der Waals surface area contributed by atoms with E-state index in [1.807, 2.05) is 4.57 Å². The van der Waals surface area contributed by atoms with Crippen LogP contribution in [-0.4, -0.2) is 55.9 Å². The molecule has 12 heteroatoms. The number of aromatic nitrogens is 3. The minimum absolute atomic E-state index is 0.00840. The predicted molar refractivity (Wildman–Crippen MR) is 145 cm³/mol. The van der Waals surface area contributed by atoms with Crippen LogP contribution in [0.1, 0.15) is 46.4 Å². The van der Waals surface area contributed by atoms with Crippen LogP contribution in [0.4, 0.5) is 9.18 Å². The zero-order chi connectivity index (χ0) is 28.5. The molecular weight excluding hydrogens is 555 g/mol. The van der Waals surface area contributed by atoms with Gasteiger partial charge < -0.3 is 28.8 Å². The zero-order valence-electron chi connectivity index (χ0n) is 21.8. The SMILES string of the molecule is O=C(O)c1ccc2nc(CN3CCC(c4cccc(OCc5ccc(Cl)cc5F)n4)OC3=O)n(C[C@@H]3CCO3)c2c1. The largest absolute Gasteiger partial charge is 0.478 e. The Kier molecular flexibility index (Phi) is 7.46. The fraction of sp³-hybridized carbons (Fsp3) is 0.310. The molecule has 1 unspecified atom stereocenters. The highest BCUT2D eigenvalue weighted by Gasteiger charge is 2.31. The molecule has 1 N–H and O–H groups in total. The van der Waals surface area contributed by atoms with Crippen molar-refractivity contribution in [2.24, 2.45) is 0 Å². The fourth-order valence-electron chi connectivity index (χ4n) is 4.89. The summed E-state index contributed by atoms with van der Waals surface area (Å²) in [6.45, 7) is 1.76. The van der Waals surface area contributed by atoms with E-state index in [2.05, 4.69) is 4.98 Å². The second kappa shape index (κ2) is 11.3. The maximum absolute atomic E-state index is 14.1. The van der Waals surface area contributed by atoms with Crippen molar-refractivity contribution in [2.45, 2.75) is 44.7 Å². The molecule has 0 spiro atoms. The van der Waals surface area contributed by atoms with E-state index >= 15 is 0 Å². The van der Waals surface area contributed by atoms with Gasteiger partial charge in [-0.05, 0) is 42.8 Å². The van der Waals surface area contributed by atoms with Gasteiger partial charge in [0.05, 0.1) is 41.5 Å². The number of ether oxygens (including phenoxy) is 3. The lowest BCUT2D eigenvalue weighted by molar-refractivity contribution is -0.0592. The van der Waals surface area contributed by atoms with Gasteiger partial charge in [-0.2, -0.15) is 0 Å². The number of carbonyl (C=O) groups is 2. The molecule has 2 aromatic heterocycles. The minimum atomic E-state index is -1.02. The molecule has 212 valence electrons. The van der Waals surface area contributed by atoms with Crippen molar-refractivity contribution < 1.29 is 33.3 Å². The lowest BCUT2D eigenvalue weighted by Gasteiger charge is -2.32. The number of imidazole rings is 1. The average molecular weight is 581 g/mol. The standard InChI is InChI=1S/C29H26ClFN4O6/c30-19-6-4-18(21(31)13-19)16-40-27-3-1-2-23(33-27)25-8-10-34(29(38)41-25)15-26-32-22-7-5-17(28(36)37)12-24(22)35(26)14-20-9-11-39-20/h1-7,12-13,20,25H,8-11,14-16H2,(H,36,37)/t20-,25?/m0/s1. The molecule has 0 radical (unpaired) electrons. The molecule has 2 saturated heterocycles. The summed E-state index contributed by atoms with van der Waals surface area (Å²) >= 11 is 5.81. The second-order valence-electron chi connectivity index (χ2n) is 9.94. The van der Waals surface area contributed by atoms with Crippen molar-refractivity contribution in [1.29, 1.82) is 0 Å². The van der Waals surface area contributed by atoms with Gasteiger partial charge in [-0.1, -0.05) is 23.7 Å². The molecular formula is C29H26ClFN4O6. The van der Waals surface area contributed by atoms with Crippen molar-refractivity contribution in [2.75, 3.05) is 13.2 Å². The molecule has 0 aliphatic carbocycles. The summed E-state index contributed by atoms with van der Waals surface area (Å²) in [6, 6.07) is 14.3. The normalized spacial score (nSPS) is 18.7. The summed E-state index contributed by atoms with van der Waals surface area (Å²) in [5.74, 6) is -0.586. The van der Waals surface area contributed by atoms with Crippen LogP contribution >= 0.6 is 11.6 Å². The van der Waals surface area contributed by atoms with Crippen molar-refractivity contribution in [1.82, 2.24) is 19.4 Å². The van der Waals surface area contributed by atoms with Crippen molar-refractivity contribution in [3.05, 3.63) is 88.1 Å². The number of halogens is 2. The molecule has 4 heterocycles. The number of carboxylic acids is 1. The third kappa shape index (κ3) is 5.82. The van der Waals surface area contributed by atoms with Gasteiger partial charge in [-0.15, -0.1) is 0 Å². The molecule has 10 nitrogen and oxygen atoms in total. The van der Waals surface area contributed by atoms with Gasteiger partial charge in [-0.3, -0.25) is 0 Å². The molecule has 2 aliphatic rings. The third-order valence-electron chi connectivity index (χ3n) is 7.21. The number of benzene rings is 2. The molecule has 2 aliphatic heterocycles. The first kappa shape index (κ1) is 27.0. The Morgan fingerprint density at radius 3 is 2.73 bits per heavy atom. The van der Waals surface area contributed by atoms with Gasteiger partial charge in [0.15, 0.2) is 0 Å². The van der Waals surface area contributed by atoms with Gasteiger partial charge in [0, 0.05) is 36.2 Å². The van der Waals surface area contributed by atoms with Crippen LogP contribution in [0.15, 0.2) is 54.6 Å². The van der Waals surface area contributed by atoms with Gasteiger partial charge >= 0.3 is 12.1 Å². The number of aromatic carboxylic acids is 1. The summed E-state index contributed by atoms with van der Waals surface area (Å²) in [6.07, 6.45) is 0.310. The number of fused-ring (bicyclic) bond motifs is 1. The topological polar surface area (TPSA) is 116 Å². The van der Waals surface area contributed by atoms with E-state index in [-0.39, 0.29) is 30.7 Å². The van der Waals surface area contributed by atoms with Crippen molar-refractivity contribution in [3.63, 3.8) is 0 Å². The summed E-state index contributed by atoms with van der Waals surface area (Å²) in [5.41, 5.74) is 2.36. The van der Waals surface area contributed by atoms with Crippen molar-refractivity contribution in [3.8, 4) is 5.88 Å². The van der Waals surface area contributed by atoms with Crippen LogP contribution in [0, 0.1) is 5.82 Å². The summed E-state index contributed by atoms with van der Waals surface area (Å²) < 4.78 is 33.1. The molecule has 4 aromatic rings. The van der Waals surface area contributed by atoms with Crippen molar-refractivity contribution >= 4 is 34.7 Å². The first-order chi connectivity index (χ1) is 19.8. The van der Waals surface area contributed by atoms with Gasteiger partial charge in [0.1, 0.15) is 24.4 Å². The predicted octanol–water partition coefficient (Wildman–Crippen LogP) is 5.37. The zero-order valence-corrected chi connectivity index (χ0v) is 22.6. The van der Waals surface area contributed by atoms with Crippen LogP contribution in [0.2, 0.25) is 5.02 Å². The monoisotopic (exact) mass is 580 g/mol. The Labute approximate surface area is 239 Å². The molecule has 41 heavy (non-hydrogen) atoms. The number of pyridine rings is 1. The molecule has 2 fully saturated rings. The Hall–Kier alpha value is -4.22. The number of nitrogens with zero attached hydrogens (tertiary/aromatic N) is 4. The van der Waals surface area contributed by atoms with E-state index in [1.165, 1.54) is 12.1 Å². The van der Waals surface area contributed by atoms with E-state index < -0.39 is 24.0 Å². The fourth-order valence-corrected chi connectivity index (χ4v) is 5.04. The maximum atomic E-state index is 14.1. The van der Waals surface area contributed by atoms with Gasteiger partial charge in [0.25, 0.3) is 0 Å².